The predicted molar refractivity (Wildman–Crippen MR) is 47.1 cm³/mol. The van der Waals surface area contributed by atoms with Crippen LogP contribution in [-0.4, -0.2) is 34.6 Å². The Kier molecular flexibility index (Phi) is 2.89. The molecule has 1 saturated heterocycles. The Balaban J connectivity index is 1.72. The van der Waals surface area contributed by atoms with Crippen LogP contribution in [0.5, 0.6) is 0 Å². The molecule has 0 bridgehead atoms. The lowest BCUT2D eigenvalue weighted by molar-refractivity contribution is 0.0195. The fraction of sp³-hybridized carbons (Fsp3) is 0.750. The van der Waals surface area contributed by atoms with Crippen LogP contribution in [0.2, 0.25) is 0 Å². The molecule has 0 unspecified atom stereocenters. The number of aromatic nitrogens is 3. The molecule has 1 aliphatic heterocycles. The number of H-pyrrole nitrogens is 1. The highest BCUT2D eigenvalue weighted by atomic mass is 16.5. The van der Waals surface area contributed by atoms with Crippen LogP contribution >= 0.6 is 0 Å². The molecule has 0 spiro atoms. The molecule has 5 nitrogen and oxygen atoms in total. The molecule has 2 rings (SSSR count). The molecular weight excluding hydrogens is 168 g/mol. The van der Waals surface area contributed by atoms with E-state index in [1.807, 2.05) is 0 Å². The summed E-state index contributed by atoms with van der Waals surface area (Å²) >= 11 is 0. The summed E-state index contributed by atoms with van der Waals surface area (Å²) in [5.74, 6) is 0. The smallest absolute Gasteiger partial charge is 0.108 e. The summed E-state index contributed by atoms with van der Waals surface area (Å²) in [5, 5.41) is 13.5. The first kappa shape index (κ1) is 8.65. The summed E-state index contributed by atoms with van der Waals surface area (Å²) in [6.45, 7) is 2.69. The standard InChI is InChI=1S/C8H14N4O/c1-3-9-4-2-8(1)13-6-7-5-10-12-11-7/h5,8-9H,1-4,6H2,(H,10,11,12). The van der Waals surface area contributed by atoms with E-state index < -0.39 is 0 Å². The third kappa shape index (κ3) is 2.50. The molecule has 2 heterocycles. The molecule has 2 N–H and O–H groups in total. The SMILES string of the molecule is c1n[nH]nc1COC1CCNCC1. The van der Waals surface area contributed by atoms with Gasteiger partial charge in [0, 0.05) is 0 Å². The fourth-order valence-electron chi connectivity index (χ4n) is 1.46. The van der Waals surface area contributed by atoms with Crippen molar-refractivity contribution in [2.45, 2.75) is 25.6 Å². The van der Waals surface area contributed by atoms with Crippen molar-refractivity contribution >= 4 is 0 Å². The quantitative estimate of drug-likeness (QED) is 0.694. The maximum atomic E-state index is 5.66. The average Bonchev–Trinajstić information content (AvgIpc) is 2.69. The Morgan fingerprint density at radius 1 is 1.46 bits per heavy atom. The Bertz CT molecular complexity index is 230. The van der Waals surface area contributed by atoms with Crippen molar-refractivity contribution in [2.24, 2.45) is 0 Å². The molecule has 5 heteroatoms. The van der Waals surface area contributed by atoms with E-state index in [9.17, 15) is 0 Å². The van der Waals surface area contributed by atoms with Gasteiger partial charge in [0.05, 0.1) is 18.9 Å². The second-order valence-electron chi connectivity index (χ2n) is 3.22. The molecule has 1 aliphatic rings. The zero-order valence-electron chi connectivity index (χ0n) is 7.49. The van der Waals surface area contributed by atoms with E-state index in [-0.39, 0.29) is 0 Å². The van der Waals surface area contributed by atoms with E-state index in [0.29, 0.717) is 12.7 Å². The Labute approximate surface area is 76.9 Å². The average molecular weight is 182 g/mol. The van der Waals surface area contributed by atoms with E-state index in [1.54, 1.807) is 6.20 Å². The largest absolute Gasteiger partial charge is 0.372 e. The molecule has 13 heavy (non-hydrogen) atoms. The fourth-order valence-corrected chi connectivity index (χ4v) is 1.46. The lowest BCUT2D eigenvalue weighted by Gasteiger charge is -2.22. The van der Waals surface area contributed by atoms with E-state index in [4.69, 9.17) is 4.74 Å². The summed E-state index contributed by atoms with van der Waals surface area (Å²) in [6.07, 6.45) is 4.27. The molecule has 1 fully saturated rings. The zero-order valence-corrected chi connectivity index (χ0v) is 7.49. The summed E-state index contributed by atoms with van der Waals surface area (Å²) in [7, 11) is 0. The lowest BCUT2D eigenvalue weighted by Crippen LogP contribution is -2.32. The second kappa shape index (κ2) is 4.34. The molecule has 1 aromatic heterocycles. The molecule has 0 saturated carbocycles. The van der Waals surface area contributed by atoms with E-state index in [2.05, 4.69) is 20.7 Å². The van der Waals surface area contributed by atoms with Crippen LogP contribution in [0, 0.1) is 0 Å². The summed E-state index contributed by atoms with van der Waals surface area (Å²) in [4.78, 5) is 0. The zero-order chi connectivity index (χ0) is 8.93. The number of nitrogens with zero attached hydrogens (tertiary/aromatic N) is 2. The predicted octanol–water partition coefficient (Wildman–Crippen LogP) is 0.0733. The summed E-state index contributed by atoms with van der Waals surface area (Å²) < 4.78 is 5.66. The van der Waals surface area contributed by atoms with Gasteiger partial charge >= 0.3 is 0 Å². The lowest BCUT2D eigenvalue weighted by atomic mass is 10.1. The number of hydrogen-bond acceptors (Lipinski definition) is 4. The third-order valence-corrected chi connectivity index (χ3v) is 2.22. The van der Waals surface area contributed by atoms with Gasteiger partial charge in [0.1, 0.15) is 5.69 Å². The first-order valence-corrected chi connectivity index (χ1v) is 4.62. The van der Waals surface area contributed by atoms with Gasteiger partial charge in [0.25, 0.3) is 0 Å². The number of aromatic amines is 1. The van der Waals surface area contributed by atoms with Gasteiger partial charge in [-0.2, -0.15) is 15.4 Å². The molecule has 1 aromatic rings. The monoisotopic (exact) mass is 182 g/mol. The van der Waals surface area contributed by atoms with Crippen LogP contribution in [0.25, 0.3) is 0 Å². The van der Waals surface area contributed by atoms with Gasteiger partial charge in [-0.3, -0.25) is 0 Å². The number of ether oxygens (including phenoxy) is 1. The maximum absolute atomic E-state index is 5.66. The molecule has 0 radical (unpaired) electrons. The van der Waals surface area contributed by atoms with Crippen molar-refractivity contribution < 1.29 is 4.74 Å². The van der Waals surface area contributed by atoms with Crippen LogP contribution in [-0.2, 0) is 11.3 Å². The van der Waals surface area contributed by atoms with Gasteiger partial charge in [-0.05, 0) is 25.9 Å². The van der Waals surface area contributed by atoms with Crippen molar-refractivity contribution in [1.29, 1.82) is 0 Å². The topological polar surface area (TPSA) is 62.8 Å². The van der Waals surface area contributed by atoms with E-state index >= 15 is 0 Å². The highest BCUT2D eigenvalue weighted by Crippen LogP contribution is 2.08. The van der Waals surface area contributed by atoms with Crippen LogP contribution in [0.15, 0.2) is 6.20 Å². The first-order chi connectivity index (χ1) is 6.45. The van der Waals surface area contributed by atoms with Gasteiger partial charge in [-0.15, -0.1) is 0 Å². The van der Waals surface area contributed by atoms with Crippen molar-refractivity contribution in [2.75, 3.05) is 13.1 Å². The minimum atomic E-state index is 0.387. The number of hydrogen-bond donors (Lipinski definition) is 2. The van der Waals surface area contributed by atoms with Crippen LogP contribution < -0.4 is 5.32 Å². The van der Waals surface area contributed by atoms with Crippen molar-refractivity contribution in [1.82, 2.24) is 20.7 Å². The Hall–Kier alpha value is -0.940. The summed E-state index contributed by atoms with van der Waals surface area (Å²) in [5.41, 5.74) is 0.874. The molecular formula is C8H14N4O. The van der Waals surface area contributed by atoms with Crippen molar-refractivity contribution in [3.63, 3.8) is 0 Å². The highest BCUT2D eigenvalue weighted by Gasteiger charge is 2.13. The van der Waals surface area contributed by atoms with Gasteiger partial charge < -0.3 is 10.1 Å². The number of rotatable bonds is 3. The molecule has 0 aliphatic carbocycles. The van der Waals surface area contributed by atoms with Gasteiger partial charge in [0.15, 0.2) is 0 Å². The molecule has 0 aromatic carbocycles. The minimum absolute atomic E-state index is 0.387. The van der Waals surface area contributed by atoms with Gasteiger partial charge in [-0.25, -0.2) is 0 Å². The van der Waals surface area contributed by atoms with E-state index in [1.165, 1.54) is 0 Å². The molecule has 72 valence electrons. The number of nitrogens with one attached hydrogen (secondary N) is 2. The maximum Gasteiger partial charge on any atom is 0.108 e. The third-order valence-electron chi connectivity index (χ3n) is 2.22. The normalized spacial score (nSPS) is 19.1. The van der Waals surface area contributed by atoms with E-state index in [0.717, 1.165) is 31.6 Å². The Morgan fingerprint density at radius 3 is 3.00 bits per heavy atom. The second-order valence-corrected chi connectivity index (χ2v) is 3.22. The van der Waals surface area contributed by atoms with Crippen LogP contribution in [0.4, 0.5) is 0 Å². The van der Waals surface area contributed by atoms with Crippen molar-refractivity contribution in [3.8, 4) is 0 Å². The minimum Gasteiger partial charge on any atom is -0.372 e. The number of piperidine rings is 1. The van der Waals surface area contributed by atoms with Gasteiger partial charge in [0.2, 0.25) is 0 Å². The molecule has 0 atom stereocenters. The van der Waals surface area contributed by atoms with Gasteiger partial charge in [-0.1, -0.05) is 0 Å². The first-order valence-electron chi connectivity index (χ1n) is 4.62. The Morgan fingerprint density at radius 2 is 2.31 bits per heavy atom. The van der Waals surface area contributed by atoms with Crippen LogP contribution in [0.1, 0.15) is 18.5 Å². The van der Waals surface area contributed by atoms with Crippen LogP contribution in [0.3, 0.4) is 0 Å². The van der Waals surface area contributed by atoms with Crippen molar-refractivity contribution in [3.05, 3.63) is 11.9 Å². The summed E-state index contributed by atoms with van der Waals surface area (Å²) in [6, 6.07) is 0. The molecule has 0 amide bonds. The highest BCUT2D eigenvalue weighted by molar-refractivity contribution is 4.87.